The van der Waals surface area contributed by atoms with E-state index in [2.05, 4.69) is 15.5 Å². The van der Waals surface area contributed by atoms with Crippen molar-refractivity contribution < 1.29 is 14.0 Å². The lowest BCUT2D eigenvalue weighted by atomic mass is 9.81. The summed E-state index contributed by atoms with van der Waals surface area (Å²) in [6, 6.07) is 7.68. The minimum absolute atomic E-state index is 0.194. The molecule has 24 heavy (non-hydrogen) atoms. The molecule has 0 radical (unpaired) electrons. The zero-order chi connectivity index (χ0) is 16.8. The van der Waals surface area contributed by atoms with Crippen LogP contribution in [0.1, 0.15) is 43.8 Å². The number of aryl methyl sites for hydroxylation is 1. The van der Waals surface area contributed by atoms with E-state index in [-0.39, 0.29) is 5.54 Å². The molecule has 0 saturated heterocycles. The van der Waals surface area contributed by atoms with Gasteiger partial charge in [-0.15, -0.1) is 0 Å². The molecule has 0 unspecified atom stereocenters. The molecule has 3 rings (SSSR count). The number of benzene rings is 1. The first-order chi connectivity index (χ1) is 11.7. The van der Waals surface area contributed by atoms with Crippen LogP contribution in [0.5, 0.6) is 11.5 Å². The van der Waals surface area contributed by atoms with Crippen molar-refractivity contribution in [3.63, 3.8) is 0 Å². The Balaban J connectivity index is 1.60. The molecule has 6 nitrogen and oxygen atoms in total. The summed E-state index contributed by atoms with van der Waals surface area (Å²) in [6.07, 6.45) is 5.67. The van der Waals surface area contributed by atoms with Gasteiger partial charge in [-0.05, 0) is 25.0 Å². The minimum atomic E-state index is -0.194. The molecular weight excluding hydrogens is 306 g/mol. The van der Waals surface area contributed by atoms with Crippen molar-refractivity contribution in [3.8, 4) is 11.5 Å². The third-order valence-electron chi connectivity index (χ3n) is 4.55. The summed E-state index contributed by atoms with van der Waals surface area (Å²) in [5.74, 6) is 2.90. The maximum Gasteiger partial charge on any atom is 0.223 e. The second-order valence-corrected chi connectivity index (χ2v) is 6.21. The fraction of sp³-hybridized carbons (Fsp3) is 0.556. The number of hydrogen-bond donors (Lipinski definition) is 1. The third-order valence-corrected chi connectivity index (χ3v) is 4.55. The van der Waals surface area contributed by atoms with Gasteiger partial charge in [0.15, 0.2) is 17.3 Å². The number of rotatable bonds is 7. The zero-order valence-electron chi connectivity index (χ0n) is 14.4. The maximum atomic E-state index is 5.85. The average Bonchev–Trinajstić information content (AvgIpc) is 3.07. The van der Waals surface area contributed by atoms with Gasteiger partial charge in [0, 0.05) is 13.5 Å². The van der Waals surface area contributed by atoms with Crippen molar-refractivity contribution in [1.82, 2.24) is 15.5 Å². The van der Waals surface area contributed by atoms with Gasteiger partial charge < -0.3 is 19.3 Å². The molecular formula is C18H25N3O3. The van der Waals surface area contributed by atoms with Crippen LogP contribution in [0.4, 0.5) is 0 Å². The van der Waals surface area contributed by atoms with Crippen molar-refractivity contribution >= 4 is 0 Å². The van der Waals surface area contributed by atoms with Gasteiger partial charge in [0.2, 0.25) is 5.89 Å². The topological polar surface area (TPSA) is 69.4 Å². The Morgan fingerprint density at radius 3 is 2.58 bits per heavy atom. The summed E-state index contributed by atoms with van der Waals surface area (Å²) in [6.45, 7) is 3.10. The lowest BCUT2D eigenvalue weighted by Gasteiger charge is -2.35. The number of methoxy groups -OCH3 is 1. The highest BCUT2D eigenvalue weighted by atomic mass is 16.5. The van der Waals surface area contributed by atoms with Crippen LogP contribution in [-0.4, -0.2) is 30.4 Å². The summed E-state index contributed by atoms with van der Waals surface area (Å²) in [4.78, 5) is 4.47. The lowest BCUT2D eigenvalue weighted by molar-refractivity contribution is 0.194. The van der Waals surface area contributed by atoms with Gasteiger partial charge in [0.1, 0.15) is 6.61 Å². The fourth-order valence-corrected chi connectivity index (χ4v) is 3.32. The van der Waals surface area contributed by atoms with Gasteiger partial charge in [-0.3, -0.25) is 0 Å². The van der Waals surface area contributed by atoms with E-state index in [1.165, 1.54) is 19.3 Å². The van der Waals surface area contributed by atoms with Gasteiger partial charge in [0.05, 0.1) is 12.6 Å². The molecule has 1 heterocycles. The molecule has 6 heteroatoms. The normalized spacial score (nSPS) is 16.8. The number of para-hydroxylation sites is 2. The van der Waals surface area contributed by atoms with Crippen molar-refractivity contribution in [3.05, 3.63) is 36.0 Å². The van der Waals surface area contributed by atoms with Crippen LogP contribution >= 0.6 is 0 Å². The second kappa shape index (κ2) is 7.66. The first-order valence-corrected chi connectivity index (χ1v) is 8.55. The number of ether oxygens (including phenoxy) is 2. The predicted octanol–water partition coefficient (Wildman–Crippen LogP) is 3.21. The van der Waals surface area contributed by atoms with E-state index in [0.29, 0.717) is 19.0 Å². The maximum absolute atomic E-state index is 5.85. The Labute approximate surface area is 142 Å². The van der Waals surface area contributed by atoms with Crippen LogP contribution in [0.3, 0.4) is 0 Å². The van der Waals surface area contributed by atoms with Crippen LogP contribution < -0.4 is 14.8 Å². The van der Waals surface area contributed by atoms with E-state index < -0.39 is 0 Å². The highest BCUT2D eigenvalue weighted by Crippen LogP contribution is 2.35. The summed E-state index contributed by atoms with van der Waals surface area (Å²) >= 11 is 0. The highest BCUT2D eigenvalue weighted by Gasteiger charge is 2.37. The first-order valence-electron chi connectivity index (χ1n) is 8.55. The number of nitrogens with zero attached hydrogens (tertiary/aromatic N) is 2. The summed E-state index contributed by atoms with van der Waals surface area (Å²) in [7, 11) is 1.65. The Hall–Kier alpha value is -2.08. The summed E-state index contributed by atoms with van der Waals surface area (Å²) in [5.41, 5.74) is -0.194. The molecule has 0 aliphatic heterocycles. The predicted molar refractivity (Wildman–Crippen MR) is 90.3 cm³/mol. The Kier molecular flexibility index (Phi) is 5.35. The largest absolute Gasteiger partial charge is 0.493 e. The smallest absolute Gasteiger partial charge is 0.223 e. The molecule has 0 atom stereocenters. The molecule has 1 N–H and O–H groups in total. The SMILES string of the molecule is COc1ccccc1OCCNC1(c2noc(C)n2)CCCCC1. The standard InChI is InChI=1S/C18H25N3O3/c1-14-20-17(21-24-14)18(10-6-3-7-11-18)19-12-13-23-16-9-5-4-8-15(16)22-2/h4-5,8-9,19H,3,6-7,10-13H2,1-2H3. The van der Waals surface area contributed by atoms with Gasteiger partial charge in [-0.25, -0.2) is 0 Å². The van der Waals surface area contributed by atoms with Gasteiger partial charge in [-0.2, -0.15) is 4.98 Å². The molecule has 1 aromatic heterocycles. The monoisotopic (exact) mass is 331 g/mol. The third kappa shape index (κ3) is 3.70. The van der Waals surface area contributed by atoms with Crippen molar-refractivity contribution in [2.24, 2.45) is 0 Å². The molecule has 0 amide bonds. The molecule has 0 spiro atoms. The number of nitrogens with one attached hydrogen (secondary N) is 1. The Morgan fingerprint density at radius 2 is 1.92 bits per heavy atom. The molecule has 1 aromatic carbocycles. The molecule has 130 valence electrons. The number of hydrogen-bond acceptors (Lipinski definition) is 6. The van der Waals surface area contributed by atoms with E-state index in [9.17, 15) is 0 Å². The van der Waals surface area contributed by atoms with Gasteiger partial charge in [0.25, 0.3) is 0 Å². The summed E-state index contributed by atoms with van der Waals surface area (Å²) < 4.78 is 16.4. The van der Waals surface area contributed by atoms with Crippen LogP contribution in [0.15, 0.2) is 28.8 Å². The highest BCUT2D eigenvalue weighted by molar-refractivity contribution is 5.39. The molecule has 2 aromatic rings. The van der Waals surface area contributed by atoms with Crippen LogP contribution in [0, 0.1) is 6.92 Å². The lowest BCUT2D eigenvalue weighted by Crippen LogP contribution is -2.46. The molecule has 0 bridgehead atoms. The van der Waals surface area contributed by atoms with Crippen molar-refractivity contribution in [2.45, 2.75) is 44.6 Å². The number of aromatic nitrogens is 2. The van der Waals surface area contributed by atoms with E-state index in [4.69, 9.17) is 14.0 Å². The minimum Gasteiger partial charge on any atom is -0.493 e. The fourth-order valence-electron chi connectivity index (χ4n) is 3.32. The van der Waals surface area contributed by atoms with E-state index in [0.717, 1.165) is 30.2 Å². The average molecular weight is 331 g/mol. The van der Waals surface area contributed by atoms with Gasteiger partial charge in [-0.1, -0.05) is 36.6 Å². The van der Waals surface area contributed by atoms with E-state index >= 15 is 0 Å². The molecule has 1 aliphatic rings. The molecule has 1 saturated carbocycles. The van der Waals surface area contributed by atoms with Crippen LogP contribution in [-0.2, 0) is 5.54 Å². The van der Waals surface area contributed by atoms with Crippen molar-refractivity contribution in [1.29, 1.82) is 0 Å². The zero-order valence-corrected chi connectivity index (χ0v) is 14.4. The van der Waals surface area contributed by atoms with Crippen LogP contribution in [0.2, 0.25) is 0 Å². The van der Waals surface area contributed by atoms with Gasteiger partial charge >= 0.3 is 0 Å². The van der Waals surface area contributed by atoms with E-state index in [1.807, 2.05) is 31.2 Å². The molecule has 1 fully saturated rings. The summed E-state index contributed by atoms with van der Waals surface area (Å²) in [5, 5.41) is 7.79. The van der Waals surface area contributed by atoms with Crippen LogP contribution in [0.25, 0.3) is 0 Å². The molecule has 1 aliphatic carbocycles. The van der Waals surface area contributed by atoms with E-state index in [1.54, 1.807) is 7.11 Å². The Bertz CT molecular complexity index is 650. The quantitative estimate of drug-likeness (QED) is 0.786. The van der Waals surface area contributed by atoms with Crippen molar-refractivity contribution in [2.75, 3.05) is 20.3 Å². The Morgan fingerprint density at radius 1 is 1.17 bits per heavy atom. The second-order valence-electron chi connectivity index (χ2n) is 6.21. The first kappa shape index (κ1) is 16.8.